The van der Waals surface area contributed by atoms with Gasteiger partial charge in [-0.15, -0.1) is 0 Å². The molecular formula is C19H24BrClF5NO2SSi. The van der Waals surface area contributed by atoms with Crippen LogP contribution in [0.4, 0.5) is 19.4 Å². The summed E-state index contributed by atoms with van der Waals surface area (Å²) < 4.78 is 74.4. The topological polar surface area (TPSA) is 31.2 Å². The molecule has 1 aromatic heterocycles. The number of hydrogen-bond donors (Lipinski definition) is 0. The summed E-state index contributed by atoms with van der Waals surface area (Å²) in [6.07, 6.45) is 1.25. The van der Waals surface area contributed by atoms with Crippen molar-refractivity contribution in [3.05, 3.63) is 61.9 Å². The molecular weight excluding hydrogens is 545 g/mol. The van der Waals surface area contributed by atoms with Crippen molar-refractivity contribution in [3.63, 3.8) is 0 Å². The van der Waals surface area contributed by atoms with Crippen LogP contribution < -0.4 is 5.56 Å². The van der Waals surface area contributed by atoms with E-state index in [1.54, 1.807) is 0 Å². The molecule has 0 N–H and O–H groups in total. The minimum absolute atomic E-state index is 0.0844. The highest BCUT2D eigenvalue weighted by molar-refractivity contribution is 9.10. The molecule has 2 aromatic rings. The standard InChI is InChI=1S/C19H24BrClF5NO2SSi/c1-19(2,3)31(4,5)29-12-17(27-11-14(21)10-16(20)18(27)28)13-7-6-8-15(9-13)30(22,23,24,25)26/h6-11,17H,12H2,1-5H3. The van der Waals surface area contributed by atoms with E-state index in [0.717, 1.165) is 10.6 Å². The van der Waals surface area contributed by atoms with Crippen LogP contribution in [-0.4, -0.2) is 19.5 Å². The van der Waals surface area contributed by atoms with E-state index in [4.69, 9.17) is 16.0 Å². The fraction of sp³-hybridized carbons (Fsp3) is 0.421. The second-order valence-corrected chi connectivity index (χ2v) is 17.4. The molecule has 1 unspecified atom stereocenters. The zero-order valence-electron chi connectivity index (χ0n) is 17.6. The normalized spacial score (nSPS) is 16.5. The van der Waals surface area contributed by atoms with Gasteiger partial charge in [-0.05, 0) is 57.8 Å². The van der Waals surface area contributed by atoms with Crippen LogP contribution in [0.1, 0.15) is 32.4 Å². The van der Waals surface area contributed by atoms with E-state index in [9.17, 15) is 24.2 Å². The molecule has 3 nitrogen and oxygen atoms in total. The smallest absolute Gasteiger partial charge is 0.310 e. The molecule has 0 spiro atoms. The average molecular weight is 569 g/mol. The second kappa shape index (κ2) is 7.58. The molecule has 0 bridgehead atoms. The third-order valence-corrected chi connectivity index (χ3v) is 11.8. The van der Waals surface area contributed by atoms with Crippen LogP contribution in [-0.2, 0) is 4.43 Å². The van der Waals surface area contributed by atoms with Gasteiger partial charge in [-0.25, -0.2) is 0 Å². The van der Waals surface area contributed by atoms with E-state index < -0.39 is 35.0 Å². The molecule has 0 aliphatic heterocycles. The lowest BCUT2D eigenvalue weighted by Gasteiger charge is -2.41. The van der Waals surface area contributed by atoms with Gasteiger partial charge in [-0.2, -0.15) is 0 Å². The summed E-state index contributed by atoms with van der Waals surface area (Å²) in [5.41, 5.74) is -0.716. The Bertz CT molecular complexity index is 1050. The summed E-state index contributed by atoms with van der Waals surface area (Å²) in [6, 6.07) is 3.10. The van der Waals surface area contributed by atoms with E-state index in [-0.39, 0.29) is 26.7 Å². The van der Waals surface area contributed by atoms with Crippen LogP contribution >= 0.6 is 37.8 Å². The van der Waals surface area contributed by atoms with Gasteiger partial charge in [0.25, 0.3) is 5.56 Å². The molecule has 0 fully saturated rings. The lowest BCUT2D eigenvalue weighted by atomic mass is 10.1. The third-order valence-electron chi connectivity index (χ3n) is 5.40. The van der Waals surface area contributed by atoms with E-state index in [2.05, 4.69) is 15.9 Å². The SMILES string of the molecule is CC(C)(C)[Si](C)(C)OCC(c1cccc(S(F)(F)(F)(F)F)c1)n1cc(Cl)cc(Br)c1=O. The van der Waals surface area contributed by atoms with Crippen molar-refractivity contribution in [3.8, 4) is 0 Å². The molecule has 12 heteroatoms. The largest absolute Gasteiger partial charge is 0.414 e. The molecule has 0 radical (unpaired) electrons. The highest BCUT2D eigenvalue weighted by Crippen LogP contribution is 3.02. The maximum atomic E-state index is 13.4. The van der Waals surface area contributed by atoms with E-state index >= 15 is 0 Å². The van der Waals surface area contributed by atoms with E-state index in [1.807, 2.05) is 33.9 Å². The maximum absolute atomic E-state index is 13.4. The van der Waals surface area contributed by atoms with Crippen molar-refractivity contribution in [2.24, 2.45) is 0 Å². The second-order valence-electron chi connectivity index (χ2n) is 8.85. The quantitative estimate of drug-likeness (QED) is 0.258. The predicted octanol–water partition coefficient (Wildman–Crippen LogP) is 8.53. The highest BCUT2D eigenvalue weighted by atomic mass is 79.9. The van der Waals surface area contributed by atoms with E-state index in [0.29, 0.717) is 12.1 Å². The van der Waals surface area contributed by atoms with Gasteiger partial charge in [0.2, 0.25) is 0 Å². The minimum Gasteiger partial charge on any atom is -0.414 e. The molecule has 31 heavy (non-hydrogen) atoms. The molecule has 176 valence electrons. The first-order chi connectivity index (χ1) is 13.6. The molecule has 1 atom stereocenters. The molecule has 2 rings (SSSR count). The fourth-order valence-electron chi connectivity index (χ4n) is 2.57. The van der Waals surface area contributed by atoms with Gasteiger partial charge in [0.15, 0.2) is 8.32 Å². The minimum atomic E-state index is -9.91. The summed E-state index contributed by atoms with van der Waals surface area (Å²) >= 11 is 9.13. The molecule has 0 amide bonds. The Morgan fingerprint density at radius 1 is 1.16 bits per heavy atom. The third kappa shape index (κ3) is 6.34. The van der Waals surface area contributed by atoms with Crippen molar-refractivity contribution in [1.29, 1.82) is 0 Å². The van der Waals surface area contributed by atoms with Gasteiger partial charge < -0.3 is 8.99 Å². The Labute approximate surface area is 192 Å². The Morgan fingerprint density at radius 2 is 1.74 bits per heavy atom. The number of halogens is 7. The summed E-state index contributed by atoms with van der Waals surface area (Å²) in [7, 11) is -12.3. The molecule has 0 saturated heterocycles. The molecule has 0 aliphatic carbocycles. The van der Waals surface area contributed by atoms with Crippen molar-refractivity contribution >= 4 is 46.1 Å². The number of hydrogen-bond acceptors (Lipinski definition) is 2. The molecule has 0 saturated carbocycles. The average Bonchev–Trinajstić information content (AvgIpc) is 2.56. The Kier molecular flexibility index (Phi) is 6.45. The summed E-state index contributed by atoms with van der Waals surface area (Å²) in [5.74, 6) is 0. The molecule has 1 aromatic carbocycles. The number of nitrogens with zero attached hydrogens (tertiary/aromatic N) is 1. The van der Waals surface area contributed by atoms with Gasteiger partial charge in [0.05, 0.1) is 22.1 Å². The molecule has 0 aliphatic rings. The monoisotopic (exact) mass is 567 g/mol. The number of pyridine rings is 1. The number of benzene rings is 1. The van der Waals surface area contributed by atoms with Crippen molar-refractivity contribution in [2.45, 2.75) is 49.8 Å². The summed E-state index contributed by atoms with van der Waals surface area (Å²) in [5, 5.41) is -0.0731. The summed E-state index contributed by atoms with van der Waals surface area (Å²) in [6.45, 7) is 9.62. The lowest BCUT2D eigenvalue weighted by Crippen LogP contribution is -2.43. The first-order valence-corrected chi connectivity index (χ1v) is 15.2. The predicted molar refractivity (Wildman–Crippen MR) is 123 cm³/mol. The first-order valence-electron chi connectivity index (χ1n) is 9.17. The fourth-order valence-corrected chi connectivity index (χ4v) is 5.07. The molecule has 1 heterocycles. The van der Waals surface area contributed by atoms with Crippen molar-refractivity contribution in [1.82, 2.24) is 4.57 Å². The van der Waals surface area contributed by atoms with Crippen molar-refractivity contribution in [2.75, 3.05) is 6.61 Å². The van der Waals surface area contributed by atoms with Crippen LogP contribution in [0.25, 0.3) is 0 Å². The van der Waals surface area contributed by atoms with Crippen LogP contribution in [0, 0.1) is 0 Å². The highest BCUT2D eigenvalue weighted by Gasteiger charge is 2.65. The Hall–Kier alpha value is -0.883. The van der Waals surface area contributed by atoms with Crippen LogP contribution in [0.2, 0.25) is 23.2 Å². The number of rotatable bonds is 6. The van der Waals surface area contributed by atoms with Gasteiger partial charge >= 0.3 is 10.2 Å². The number of aromatic nitrogens is 1. The van der Waals surface area contributed by atoms with Gasteiger partial charge in [0.1, 0.15) is 4.90 Å². The summed E-state index contributed by atoms with van der Waals surface area (Å²) in [4.78, 5) is 10.7. The zero-order chi connectivity index (χ0) is 24.1. The van der Waals surface area contributed by atoms with Gasteiger partial charge in [0, 0.05) is 6.20 Å². The van der Waals surface area contributed by atoms with Crippen LogP contribution in [0.15, 0.2) is 50.7 Å². The van der Waals surface area contributed by atoms with Crippen molar-refractivity contribution < 1.29 is 23.9 Å². The lowest BCUT2D eigenvalue weighted by molar-refractivity contribution is 0.245. The van der Waals surface area contributed by atoms with Gasteiger partial charge in [-0.1, -0.05) is 63.9 Å². The first kappa shape index (κ1) is 26.4. The van der Waals surface area contributed by atoms with E-state index in [1.165, 1.54) is 18.3 Å². The van der Waals surface area contributed by atoms with Gasteiger partial charge in [-0.3, -0.25) is 4.79 Å². The Balaban J connectivity index is 2.67. The van der Waals surface area contributed by atoms with Crippen LogP contribution in [0.5, 0.6) is 0 Å². The maximum Gasteiger partial charge on any atom is 0.310 e. The zero-order valence-corrected chi connectivity index (χ0v) is 21.7. The van der Waals surface area contributed by atoms with Crippen LogP contribution in [0.3, 0.4) is 0 Å². The Morgan fingerprint density at radius 3 is 2.26 bits per heavy atom.